The van der Waals surface area contributed by atoms with Gasteiger partial charge in [-0.25, -0.2) is 32.5 Å². The van der Waals surface area contributed by atoms with Crippen LogP contribution in [0.2, 0.25) is 0 Å². The quantitative estimate of drug-likeness (QED) is 0.0517. The first kappa shape index (κ1) is 86.7. The molecular weight excluding hydrogens is 1570 g/mol. The molecule has 123 heavy (non-hydrogen) atoms. The largest absolute Gasteiger partial charge is 0.501 e. The SMILES string of the molecule is CC1(C)OB(c2c(F)c(F)c(N(c3ccccc3)c3ccccc3)c(F)c2F)OC1(C)C.CC1(C)OB(c2ccc(N(c3ccccc3)c3ccccc3)nc2)OC1(C)C.CC1(C)OB(c2ccc(N(c3ccccn3)c3ccccn3)cc2)OC1(C)C.CC1(C)OB(c2ccc3c(c2)sc2cc(N(c4ccccc4)c4ccccc4)ccc23)OC1(C)C. The van der Waals surface area contributed by atoms with Crippen molar-refractivity contribution in [2.75, 3.05) is 19.6 Å². The van der Waals surface area contributed by atoms with E-state index in [2.05, 4.69) is 224 Å². The molecule has 4 aliphatic rings. The normalized spacial score (nSPS) is 17.1. The molecule has 0 spiro atoms. The Kier molecular flexibility index (Phi) is 24.5. The number of hydrogen-bond donors (Lipinski definition) is 0. The Bertz CT molecular complexity index is 5560. The van der Waals surface area contributed by atoms with E-state index in [9.17, 15) is 0 Å². The van der Waals surface area contributed by atoms with E-state index in [-0.39, 0.29) is 47.8 Å². The van der Waals surface area contributed by atoms with Crippen molar-refractivity contribution in [3.8, 4) is 0 Å². The van der Waals surface area contributed by atoms with Gasteiger partial charge in [-0.3, -0.25) is 9.80 Å². The fraction of sp³-hybridized carbons (Fsp3) is 0.242. The van der Waals surface area contributed by atoms with Gasteiger partial charge in [-0.1, -0.05) is 158 Å². The third-order valence-electron chi connectivity index (χ3n) is 24.3. The van der Waals surface area contributed by atoms with Crippen LogP contribution in [0.4, 0.5) is 86.2 Å². The molecule has 15 nitrogen and oxygen atoms in total. The number of anilines is 12. The zero-order valence-electron chi connectivity index (χ0n) is 72.1. The molecule has 624 valence electrons. The summed E-state index contributed by atoms with van der Waals surface area (Å²) < 4.78 is 112. The summed E-state index contributed by atoms with van der Waals surface area (Å²) in [5.41, 5.74) is 4.35. The number of benzene rings is 10. The molecule has 4 fully saturated rings. The molecule has 0 atom stereocenters. The van der Waals surface area contributed by atoms with Crippen LogP contribution in [-0.4, -0.2) is 88.2 Å². The first-order chi connectivity index (χ1) is 58.6. The lowest BCUT2D eigenvalue weighted by molar-refractivity contribution is 0.00578. The second kappa shape index (κ2) is 34.8. The van der Waals surface area contributed by atoms with Crippen LogP contribution in [0.3, 0.4) is 0 Å². The summed E-state index contributed by atoms with van der Waals surface area (Å²) in [6.45, 7) is 31.6. The van der Waals surface area contributed by atoms with Crippen molar-refractivity contribution in [1.29, 1.82) is 0 Å². The number of halogens is 4. The maximum absolute atomic E-state index is 15.4. The van der Waals surface area contributed by atoms with E-state index >= 15 is 17.6 Å². The highest BCUT2D eigenvalue weighted by atomic mass is 32.1. The number of thiophene rings is 1. The molecule has 0 saturated carbocycles. The molecule has 0 unspecified atom stereocenters. The average Bonchev–Trinajstić information content (AvgIpc) is 1.70. The van der Waals surface area contributed by atoms with Crippen molar-refractivity contribution in [2.45, 2.75) is 156 Å². The molecule has 0 aliphatic carbocycles. The van der Waals surface area contributed by atoms with Crippen LogP contribution < -0.4 is 41.5 Å². The Hall–Kier alpha value is -11.3. The predicted octanol–water partition coefficient (Wildman–Crippen LogP) is 22.9. The van der Waals surface area contributed by atoms with Crippen LogP contribution in [0.5, 0.6) is 0 Å². The molecule has 0 radical (unpaired) electrons. The van der Waals surface area contributed by atoms with E-state index in [0.717, 1.165) is 72.9 Å². The van der Waals surface area contributed by atoms with Gasteiger partial charge in [0.1, 0.15) is 23.1 Å². The molecule has 0 bridgehead atoms. The van der Waals surface area contributed by atoms with Crippen LogP contribution in [-0.2, 0) is 37.2 Å². The monoisotopic (exact) mass is 1670 g/mol. The molecule has 24 heteroatoms. The van der Waals surface area contributed by atoms with E-state index in [1.165, 1.54) is 20.2 Å². The van der Waals surface area contributed by atoms with Crippen molar-refractivity contribution < 1.29 is 54.8 Å². The Morgan fingerprint density at radius 1 is 0.252 bits per heavy atom. The van der Waals surface area contributed by atoms with Crippen molar-refractivity contribution in [1.82, 2.24) is 15.0 Å². The molecule has 4 aromatic heterocycles. The van der Waals surface area contributed by atoms with Gasteiger partial charge < -0.3 is 47.0 Å². The number of pyridine rings is 3. The van der Waals surface area contributed by atoms with Gasteiger partial charge in [-0.15, -0.1) is 11.3 Å². The maximum atomic E-state index is 15.4. The Morgan fingerprint density at radius 3 is 0.911 bits per heavy atom. The molecule has 0 amide bonds. The fourth-order valence-corrected chi connectivity index (χ4v) is 15.7. The first-order valence-corrected chi connectivity index (χ1v) is 42.1. The van der Waals surface area contributed by atoms with Gasteiger partial charge in [0.15, 0.2) is 23.3 Å². The predicted molar refractivity (Wildman–Crippen MR) is 493 cm³/mol. The molecule has 10 aromatic carbocycles. The van der Waals surface area contributed by atoms with E-state index in [1.807, 2.05) is 132 Å². The summed E-state index contributed by atoms with van der Waals surface area (Å²) in [6.07, 6.45) is 5.41. The summed E-state index contributed by atoms with van der Waals surface area (Å²) in [4.78, 5) is 21.3. The minimum atomic E-state index is -1.60. The summed E-state index contributed by atoms with van der Waals surface area (Å²) in [5.74, 6) is -3.74. The van der Waals surface area contributed by atoms with Gasteiger partial charge in [0, 0.05) is 89.7 Å². The number of rotatable bonds is 16. The van der Waals surface area contributed by atoms with Crippen molar-refractivity contribution in [3.63, 3.8) is 0 Å². The van der Waals surface area contributed by atoms with Gasteiger partial charge in [0.25, 0.3) is 0 Å². The van der Waals surface area contributed by atoms with Crippen LogP contribution >= 0.6 is 11.3 Å². The minimum Gasteiger partial charge on any atom is -0.399 e. The first-order valence-electron chi connectivity index (χ1n) is 41.3. The van der Waals surface area contributed by atoms with E-state index in [4.69, 9.17) is 42.2 Å². The fourth-order valence-electron chi connectivity index (χ4n) is 14.5. The van der Waals surface area contributed by atoms with Crippen molar-refractivity contribution in [3.05, 3.63) is 333 Å². The highest BCUT2D eigenvalue weighted by molar-refractivity contribution is 7.26. The van der Waals surface area contributed by atoms with Crippen LogP contribution in [0, 0.1) is 23.3 Å². The zero-order chi connectivity index (χ0) is 87.0. The lowest BCUT2D eigenvalue weighted by atomic mass is 9.77. The van der Waals surface area contributed by atoms with Gasteiger partial charge in [-0.2, -0.15) is 0 Å². The highest BCUT2D eigenvalue weighted by Crippen LogP contribution is 2.46. The van der Waals surface area contributed by atoms with E-state index in [0.29, 0.717) is 11.4 Å². The van der Waals surface area contributed by atoms with Crippen LogP contribution in [0.25, 0.3) is 20.2 Å². The van der Waals surface area contributed by atoms with Crippen LogP contribution in [0.15, 0.2) is 310 Å². The van der Waals surface area contributed by atoms with Gasteiger partial charge >= 0.3 is 28.5 Å². The smallest absolute Gasteiger partial charge is 0.399 e. The van der Waals surface area contributed by atoms with Gasteiger partial charge in [-0.05, 0) is 255 Å². The molecule has 14 aromatic rings. The number of fused-ring (bicyclic) bond motifs is 3. The second-order valence-electron chi connectivity index (χ2n) is 34.7. The molecular formula is C99H99B4F4N7O8S. The molecule has 0 N–H and O–H groups in total. The molecule has 4 aliphatic heterocycles. The average molecular weight is 1670 g/mol. The van der Waals surface area contributed by atoms with E-state index < -0.39 is 59.9 Å². The Balaban J connectivity index is 0.000000128. The Morgan fingerprint density at radius 2 is 0.545 bits per heavy atom. The van der Waals surface area contributed by atoms with Crippen LogP contribution in [0.1, 0.15) is 111 Å². The Labute approximate surface area is 724 Å². The highest BCUT2D eigenvalue weighted by Gasteiger charge is 2.56. The lowest BCUT2D eigenvalue weighted by Crippen LogP contribution is -2.41. The van der Waals surface area contributed by atoms with Crippen molar-refractivity contribution >= 4 is 150 Å². The van der Waals surface area contributed by atoms with E-state index in [1.54, 1.807) is 101 Å². The topological polar surface area (TPSA) is 125 Å². The lowest BCUT2D eigenvalue weighted by Gasteiger charge is -2.32. The zero-order valence-corrected chi connectivity index (χ0v) is 72.9. The number of nitrogens with zero attached hydrogens (tertiary/aromatic N) is 7. The standard InChI is InChI=1S/C30H28BNO2S.C24H22BF4NO2.C23H25BN2O2.C22H24BN3O2/c1-29(2)30(3,4)34-31(33-29)21-15-17-25-26-18-16-24(20-28(26)35-27(25)19-21)32(22-11-7-5-8-12-22)23-13-9-6-10-14-23;1-23(2)24(3,4)32-25(31-23)17-18(26)20(28)22(21(29)19(17)27)30(15-11-7-5-8-12-15)16-13-9-6-10-14-16;1-22(2)23(3,4)28-24(27-22)18-15-16-21(25-17-18)26(19-11-7-5-8-12-19)20-13-9-6-10-14-20;1-21(2)22(3,4)28-23(27-21)17-11-13-18(14-12-17)26(19-9-5-7-15-24-19)20-10-6-8-16-25-20/h5-20H,1-4H3;5-14H,1-4H3;5-17H,1-4H3;5-16H,1-4H3. The number of para-hydroxylation sites is 6. The second-order valence-corrected chi connectivity index (χ2v) is 35.8. The third-order valence-corrected chi connectivity index (χ3v) is 25.4. The molecule has 18 rings (SSSR count). The van der Waals surface area contributed by atoms with Crippen molar-refractivity contribution in [2.24, 2.45) is 0 Å². The molecule has 8 heterocycles. The van der Waals surface area contributed by atoms with Gasteiger partial charge in [0.05, 0.1) is 50.3 Å². The third kappa shape index (κ3) is 17.9. The number of aromatic nitrogens is 3. The number of hydrogen-bond acceptors (Lipinski definition) is 16. The summed E-state index contributed by atoms with van der Waals surface area (Å²) in [6, 6.07) is 95.2. The summed E-state index contributed by atoms with van der Waals surface area (Å²) in [7, 11) is -2.73. The summed E-state index contributed by atoms with van der Waals surface area (Å²) in [5, 5.41) is 2.54. The minimum absolute atomic E-state index is 0.332. The summed E-state index contributed by atoms with van der Waals surface area (Å²) >= 11 is 1.82. The maximum Gasteiger partial charge on any atom is 0.501 e. The molecule has 4 saturated heterocycles. The van der Waals surface area contributed by atoms with Gasteiger partial charge in [0.2, 0.25) is 0 Å².